The molecule has 3 N–H and O–H groups in total. The zero-order chi connectivity index (χ0) is 15.6. The molecule has 110 valence electrons. The predicted octanol–water partition coefficient (Wildman–Crippen LogP) is 1.67. The van der Waals surface area contributed by atoms with Crippen molar-refractivity contribution in [2.45, 2.75) is 40.7 Å². The lowest BCUT2D eigenvalue weighted by Gasteiger charge is -2.17. The predicted molar refractivity (Wildman–Crippen MR) is 74.0 cm³/mol. The number of aromatic amines is 1. The van der Waals surface area contributed by atoms with Gasteiger partial charge in [-0.15, -0.1) is 0 Å². The maximum atomic E-state index is 12.1. The summed E-state index contributed by atoms with van der Waals surface area (Å²) in [7, 11) is 0. The molecule has 0 spiro atoms. The van der Waals surface area contributed by atoms with Gasteiger partial charge < -0.3 is 15.4 Å². The van der Waals surface area contributed by atoms with E-state index in [1.54, 1.807) is 20.8 Å². The second kappa shape index (κ2) is 5.90. The number of aliphatic carboxylic acids is 1. The number of amides is 1. The zero-order valence-electron chi connectivity index (χ0n) is 12.3. The van der Waals surface area contributed by atoms with E-state index in [1.807, 2.05) is 0 Å². The van der Waals surface area contributed by atoms with E-state index in [0.717, 1.165) is 0 Å². The number of ketones is 1. The van der Waals surface area contributed by atoms with Crippen LogP contribution in [0, 0.1) is 19.8 Å². The Morgan fingerprint density at radius 2 is 1.75 bits per heavy atom. The first-order valence-electron chi connectivity index (χ1n) is 6.40. The summed E-state index contributed by atoms with van der Waals surface area (Å²) in [5.74, 6) is -2.18. The first kappa shape index (κ1) is 15.9. The number of rotatable bonds is 5. The van der Waals surface area contributed by atoms with Crippen molar-refractivity contribution >= 4 is 17.7 Å². The van der Waals surface area contributed by atoms with E-state index in [4.69, 9.17) is 5.11 Å². The number of Topliss-reactive ketones (excluding diaryl/α,β-unsaturated/α-hetero) is 1. The lowest BCUT2D eigenvalue weighted by molar-refractivity contribution is -0.141. The van der Waals surface area contributed by atoms with Crippen LogP contribution in [0.25, 0.3) is 0 Å². The zero-order valence-corrected chi connectivity index (χ0v) is 12.3. The number of carboxylic acids is 1. The molecule has 1 heterocycles. The SMILES string of the molecule is CC(=O)c1c(C)[nH]c(C(=O)NC(C)C(C)C(=O)O)c1C. The van der Waals surface area contributed by atoms with E-state index in [1.165, 1.54) is 13.8 Å². The summed E-state index contributed by atoms with van der Waals surface area (Å²) in [6.45, 7) is 8.03. The summed E-state index contributed by atoms with van der Waals surface area (Å²) < 4.78 is 0. The number of carbonyl (C=O) groups is 3. The van der Waals surface area contributed by atoms with Gasteiger partial charge in [0.2, 0.25) is 0 Å². The minimum absolute atomic E-state index is 0.109. The fourth-order valence-electron chi connectivity index (χ4n) is 2.12. The molecule has 0 fully saturated rings. The molecule has 0 aliphatic rings. The van der Waals surface area contributed by atoms with Crippen LogP contribution in [0.4, 0.5) is 0 Å². The van der Waals surface area contributed by atoms with Crippen LogP contribution in [0.2, 0.25) is 0 Å². The summed E-state index contributed by atoms with van der Waals surface area (Å²) >= 11 is 0. The number of H-pyrrole nitrogens is 1. The average Bonchev–Trinajstić information content (AvgIpc) is 2.63. The van der Waals surface area contributed by atoms with E-state index < -0.39 is 23.8 Å². The van der Waals surface area contributed by atoms with Crippen molar-refractivity contribution in [3.63, 3.8) is 0 Å². The highest BCUT2D eigenvalue weighted by Gasteiger charge is 2.24. The first-order valence-corrected chi connectivity index (χ1v) is 6.40. The Labute approximate surface area is 117 Å². The number of aryl methyl sites for hydroxylation is 1. The third-order valence-corrected chi connectivity index (χ3v) is 3.51. The van der Waals surface area contributed by atoms with E-state index in [9.17, 15) is 14.4 Å². The second-order valence-electron chi connectivity index (χ2n) is 5.07. The molecule has 1 rings (SSSR count). The number of hydrogen-bond acceptors (Lipinski definition) is 3. The van der Waals surface area contributed by atoms with E-state index in [0.29, 0.717) is 22.5 Å². The van der Waals surface area contributed by atoms with Gasteiger partial charge in [-0.2, -0.15) is 0 Å². The average molecular weight is 280 g/mol. The minimum atomic E-state index is -0.971. The largest absolute Gasteiger partial charge is 0.481 e. The van der Waals surface area contributed by atoms with Crippen molar-refractivity contribution in [1.82, 2.24) is 10.3 Å². The van der Waals surface area contributed by atoms with Gasteiger partial charge in [0, 0.05) is 17.3 Å². The molecule has 1 amide bonds. The molecule has 2 atom stereocenters. The van der Waals surface area contributed by atoms with Crippen LogP contribution in [-0.4, -0.2) is 33.8 Å². The third-order valence-electron chi connectivity index (χ3n) is 3.51. The molecule has 2 unspecified atom stereocenters. The molecule has 1 aromatic heterocycles. The van der Waals surface area contributed by atoms with E-state index >= 15 is 0 Å². The molecule has 0 radical (unpaired) electrons. The summed E-state index contributed by atoms with van der Waals surface area (Å²) in [5, 5.41) is 11.5. The highest BCUT2D eigenvalue weighted by atomic mass is 16.4. The third kappa shape index (κ3) is 3.07. The Balaban J connectivity index is 2.97. The van der Waals surface area contributed by atoms with Gasteiger partial charge in [-0.1, -0.05) is 0 Å². The summed E-state index contributed by atoms with van der Waals surface area (Å²) in [6.07, 6.45) is 0. The topological polar surface area (TPSA) is 99.3 Å². The molecule has 0 saturated heterocycles. The number of carbonyl (C=O) groups excluding carboxylic acids is 2. The number of aromatic nitrogens is 1. The molecule has 6 nitrogen and oxygen atoms in total. The number of nitrogens with one attached hydrogen (secondary N) is 2. The molecule has 0 aromatic carbocycles. The molecule has 1 aromatic rings. The fourth-order valence-corrected chi connectivity index (χ4v) is 2.12. The van der Waals surface area contributed by atoms with Gasteiger partial charge >= 0.3 is 5.97 Å². The van der Waals surface area contributed by atoms with Crippen LogP contribution in [0.5, 0.6) is 0 Å². The fraction of sp³-hybridized carbons (Fsp3) is 0.500. The number of hydrogen-bond donors (Lipinski definition) is 3. The summed E-state index contributed by atoms with van der Waals surface area (Å²) in [6, 6.07) is -0.510. The molecule has 0 aliphatic heterocycles. The quantitative estimate of drug-likeness (QED) is 0.714. The Morgan fingerprint density at radius 1 is 1.20 bits per heavy atom. The molecular weight excluding hydrogens is 260 g/mol. The molecule has 0 aliphatic carbocycles. The normalized spacial score (nSPS) is 13.7. The van der Waals surface area contributed by atoms with E-state index in [2.05, 4.69) is 10.3 Å². The van der Waals surface area contributed by atoms with Crippen LogP contribution in [0.15, 0.2) is 0 Å². The highest BCUT2D eigenvalue weighted by molar-refractivity contribution is 6.02. The van der Waals surface area contributed by atoms with Crippen LogP contribution in [0.1, 0.15) is 52.9 Å². The van der Waals surface area contributed by atoms with Crippen molar-refractivity contribution in [2.24, 2.45) is 5.92 Å². The maximum Gasteiger partial charge on any atom is 0.308 e. The highest BCUT2D eigenvalue weighted by Crippen LogP contribution is 2.18. The number of carboxylic acid groups (broad SMARTS) is 1. The van der Waals surface area contributed by atoms with E-state index in [-0.39, 0.29) is 5.78 Å². The molecular formula is C14H20N2O4. The van der Waals surface area contributed by atoms with Gasteiger partial charge in [-0.05, 0) is 40.2 Å². The van der Waals surface area contributed by atoms with Gasteiger partial charge in [0.05, 0.1) is 5.92 Å². The van der Waals surface area contributed by atoms with Gasteiger partial charge in [0.1, 0.15) is 5.69 Å². The maximum absolute atomic E-state index is 12.1. The van der Waals surface area contributed by atoms with Crippen LogP contribution in [0.3, 0.4) is 0 Å². The van der Waals surface area contributed by atoms with Crippen molar-refractivity contribution < 1.29 is 19.5 Å². The smallest absolute Gasteiger partial charge is 0.308 e. The molecule has 20 heavy (non-hydrogen) atoms. The Bertz CT molecular complexity index is 560. The summed E-state index contributed by atoms with van der Waals surface area (Å²) in [5.41, 5.74) is 2.04. The van der Waals surface area contributed by atoms with Crippen molar-refractivity contribution in [1.29, 1.82) is 0 Å². The van der Waals surface area contributed by atoms with Crippen LogP contribution >= 0.6 is 0 Å². The minimum Gasteiger partial charge on any atom is -0.481 e. The van der Waals surface area contributed by atoms with Crippen molar-refractivity contribution in [2.75, 3.05) is 0 Å². The first-order chi connectivity index (χ1) is 9.16. The van der Waals surface area contributed by atoms with Gasteiger partial charge in [0.25, 0.3) is 5.91 Å². The van der Waals surface area contributed by atoms with Crippen molar-refractivity contribution in [3.05, 3.63) is 22.5 Å². The molecule has 0 saturated carbocycles. The summed E-state index contributed by atoms with van der Waals surface area (Å²) in [4.78, 5) is 37.4. The van der Waals surface area contributed by atoms with Gasteiger partial charge in [0.15, 0.2) is 5.78 Å². The molecule has 6 heteroatoms. The Kier molecular flexibility index (Phi) is 4.70. The van der Waals surface area contributed by atoms with Crippen molar-refractivity contribution in [3.8, 4) is 0 Å². The Morgan fingerprint density at radius 3 is 2.15 bits per heavy atom. The second-order valence-corrected chi connectivity index (χ2v) is 5.07. The molecule has 0 bridgehead atoms. The lowest BCUT2D eigenvalue weighted by Crippen LogP contribution is -2.40. The van der Waals surface area contributed by atoms with Crippen LogP contribution in [-0.2, 0) is 4.79 Å². The van der Waals surface area contributed by atoms with Crippen LogP contribution < -0.4 is 5.32 Å². The Hall–Kier alpha value is -2.11. The van der Waals surface area contributed by atoms with Gasteiger partial charge in [-0.25, -0.2) is 0 Å². The lowest BCUT2D eigenvalue weighted by atomic mass is 10.0. The monoisotopic (exact) mass is 280 g/mol. The standard InChI is InChI=1S/C14H20N2O4/c1-6(14(19)20)8(3)16-13(18)12-7(2)11(10(5)17)9(4)15-12/h6,8,15H,1-5H3,(H,16,18)(H,19,20). The van der Waals surface area contributed by atoms with Gasteiger partial charge in [-0.3, -0.25) is 14.4 Å².